The molecule has 0 spiro atoms. The topological polar surface area (TPSA) is 97.8 Å². The van der Waals surface area contributed by atoms with Crippen molar-refractivity contribution in [2.75, 3.05) is 6.54 Å². The van der Waals surface area contributed by atoms with Crippen molar-refractivity contribution < 1.29 is 23.8 Å². The van der Waals surface area contributed by atoms with E-state index in [1.165, 1.54) is 4.90 Å². The summed E-state index contributed by atoms with van der Waals surface area (Å²) >= 11 is 0. The first-order valence-electron chi connectivity index (χ1n) is 11.0. The van der Waals surface area contributed by atoms with Crippen LogP contribution in [0.25, 0.3) is 5.76 Å². The number of Topliss-reactive ketones (excluding diaryl/α,β-unsaturated/α-hetero) is 1. The van der Waals surface area contributed by atoms with Gasteiger partial charge in [-0.25, -0.2) is 4.98 Å². The van der Waals surface area contributed by atoms with Crippen LogP contribution in [0.5, 0.6) is 5.75 Å². The number of hydrogen-bond donors (Lipinski definition) is 1. The SMILES string of the molecule is Cc1ccc(C2/C(=C(\O)c3ccc4c(c3)CC(C)O4)C(=O)C(=O)N2CCCn2ccnc2)o1. The number of aliphatic hydroxyl groups excluding tert-OH is 1. The number of carbonyl (C=O) groups excluding carboxylic acids is 2. The van der Waals surface area contributed by atoms with Crippen LogP contribution < -0.4 is 4.74 Å². The molecular weight excluding hydrogens is 422 g/mol. The van der Waals surface area contributed by atoms with Gasteiger partial charge in [-0.2, -0.15) is 0 Å². The zero-order valence-electron chi connectivity index (χ0n) is 18.5. The molecule has 0 radical (unpaired) electrons. The number of rotatable bonds is 6. The zero-order chi connectivity index (χ0) is 23.1. The number of aromatic nitrogens is 2. The second-order valence-electron chi connectivity index (χ2n) is 8.55. The maximum Gasteiger partial charge on any atom is 0.295 e. The predicted octanol–water partition coefficient (Wildman–Crippen LogP) is 3.62. The van der Waals surface area contributed by atoms with E-state index in [1.54, 1.807) is 43.7 Å². The lowest BCUT2D eigenvalue weighted by molar-refractivity contribution is -0.140. The minimum Gasteiger partial charge on any atom is -0.507 e. The number of imidazole rings is 1. The molecule has 3 aromatic rings. The smallest absolute Gasteiger partial charge is 0.295 e. The van der Waals surface area contributed by atoms with Crippen LogP contribution in [0.15, 0.2) is 59.0 Å². The molecule has 0 aliphatic carbocycles. The quantitative estimate of drug-likeness (QED) is 0.352. The largest absolute Gasteiger partial charge is 0.507 e. The molecule has 2 atom stereocenters. The lowest BCUT2D eigenvalue weighted by atomic mass is 9.97. The Morgan fingerprint density at radius 1 is 1.21 bits per heavy atom. The molecular formula is C25H25N3O5. The lowest BCUT2D eigenvalue weighted by Crippen LogP contribution is -2.31. The Morgan fingerprint density at radius 2 is 2.06 bits per heavy atom. The van der Waals surface area contributed by atoms with Gasteiger partial charge in [0.25, 0.3) is 11.7 Å². The summed E-state index contributed by atoms with van der Waals surface area (Å²) in [7, 11) is 0. The summed E-state index contributed by atoms with van der Waals surface area (Å²) in [5, 5.41) is 11.2. The van der Waals surface area contributed by atoms with Gasteiger partial charge in [-0.05, 0) is 56.2 Å². The van der Waals surface area contributed by atoms with E-state index in [1.807, 2.05) is 23.8 Å². The molecule has 170 valence electrons. The molecule has 2 aliphatic rings. The molecule has 8 nitrogen and oxygen atoms in total. The molecule has 2 unspecified atom stereocenters. The number of amides is 1. The number of carbonyl (C=O) groups is 2. The molecule has 33 heavy (non-hydrogen) atoms. The highest BCUT2D eigenvalue weighted by atomic mass is 16.5. The van der Waals surface area contributed by atoms with Crippen molar-refractivity contribution >= 4 is 17.4 Å². The number of likely N-dealkylation sites (tertiary alicyclic amines) is 1. The van der Waals surface area contributed by atoms with Gasteiger partial charge >= 0.3 is 0 Å². The molecule has 1 saturated heterocycles. The van der Waals surface area contributed by atoms with E-state index in [0.29, 0.717) is 36.6 Å². The number of aryl methyl sites for hydroxylation is 2. The van der Waals surface area contributed by atoms with Gasteiger partial charge in [0.15, 0.2) is 0 Å². The van der Waals surface area contributed by atoms with Gasteiger partial charge in [-0.1, -0.05) is 0 Å². The fraction of sp³-hybridized carbons (Fsp3) is 0.320. The Hall–Kier alpha value is -3.81. The van der Waals surface area contributed by atoms with Gasteiger partial charge in [-0.3, -0.25) is 9.59 Å². The van der Waals surface area contributed by atoms with E-state index >= 15 is 0 Å². The summed E-state index contributed by atoms with van der Waals surface area (Å²) in [6.07, 6.45) is 6.65. The van der Waals surface area contributed by atoms with E-state index in [-0.39, 0.29) is 17.4 Å². The van der Waals surface area contributed by atoms with Crippen LogP contribution in [0.1, 0.15) is 42.0 Å². The van der Waals surface area contributed by atoms with Gasteiger partial charge in [0, 0.05) is 37.5 Å². The van der Waals surface area contributed by atoms with E-state index < -0.39 is 17.7 Å². The minimum absolute atomic E-state index is 0.0453. The van der Waals surface area contributed by atoms with Crippen LogP contribution in [0, 0.1) is 6.92 Å². The summed E-state index contributed by atoms with van der Waals surface area (Å²) in [6.45, 7) is 4.76. The number of hydrogen-bond acceptors (Lipinski definition) is 6. The normalized spacial score (nSPS) is 21.5. The van der Waals surface area contributed by atoms with Crippen molar-refractivity contribution in [1.82, 2.24) is 14.5 Å². The van der Waals surface area contributed by atoms with Gasteiger partial charge in [0.1, 0.15) is 35.2 Å². The summed E-state index contributed by atoms with van der Waals surface area (Å²) in [5.74, 6) is 0.342. The van der Waals surface area contributed by atoms with Gasteiger partial charge in [-0.15, -0.1) is 0 Å². The summed E-state index contributed by atoms with van der Waals surface area (Å²) in [5.41, 5.74) is 1.49. The van der Waals surface area contributed by atoms with Crippen molar-refractivity contribution in [3.05, 3.63) is 77.3 Å². The average Bonchev–Trinajstić information content (AvgIpc) is 3.57. The Morgan fingerprint density at radius 3 is 2.79 bits per heavy atom. The van der Waals surface area contributed by atoms with Crippen LogP contribution in [-0.2, 0) is 22.6 Å². The Kier molecular flexibility index (Phi) is 5.28. The van der Waals surface area contributed by atoms with Crippen LogP contribution >= 0.6 is 0 Å². The third-order valence-electron chi connectivity index (χ3n) is 6.11. The number of furan rings is 1. The molecule has 1 fully saturated rings. The van der Waals surface area contributed by atoms with Crippen LogP contribution in [0.2, 0.25) is 0 Å². The number of aliphatic hydroxyl groups is 1. The zero-order valence-corrected chi connectivity index (χ0v) is 18.5. The maximum atomic E-state index is 13.1. The molecule has 0 bridgehead atoms. The number of benzene rings is 1. The highest BCUT2D eigenvalue weighted by Gasteiger charge is 2.47. The van der Waals surface area contributed by atoms with Crippen molar-refractivity contribution in [1.29, 1.82) is 0 Å². The third kappa shape index (κ3) is 3.82. The summed E-state index contributed by atoms with van der Waals surface area (Å²) in [4.78, 5) is 31.6. The average molecular weight is 447 g/mol. The monoisotopic (exact) mass is 447 g/mol. The van der Waals surface area contributed by atoms with Gasteiger partial charge < -0.3 is 23.7 Å². The molecule has 1 aromatic carbocycles. The number of ketones is 1. The third-order valence-corrected chi connectivity index (χ3v) is 6.11. The van der Waals surface area contributed by atoms with Gasteiger partial charge in [0.2, 0.25) is 0 Å². The number of nitrogens with zero attached hydrogens (tertiary/aromatic N) is 3. The first-order valence-corrected chi connectivity index (χ1v) is 11.0. The molecule has 1 N–H and O–H groups in total. The van der Waals surface area contributed by atoms with Crippen molar-refractivity contribution in [3.8, 4) is 5.75 Å². The van der Waals surface area contributed by atoms with E-state index in [0.717, 1.165) is 17.7 Å². The number of ether oxygens (including phenoxy) is 1. The molecule has 0 saturated carbocycles. The minimum atomic E-state index is -0.787. The standard InChI is InChI=1S/C25H25N3O5/c1-15-4-6-20(32-15)22-21(23(29)17-5-7-19-18(13-17)12-16(2)33-19)24(30)25(31)28(22)10-3-9-27-11-8-26-14-27/h4-8,11,13-14,16,22,29H,3,9-10,12H2,1-2H3/b23-21+. The Bertz CT molecular complexity index is 1240. The summed E-state index contributed by atoms with van der Waals surface area (Å²) < 4.78 is 13.5. The number of fused-ring (bicyclic) bond motifs is 1. The lowest BCUT2D eigenvalue weighted by Gasteiger charge is -2.23. The molecule has 8 heteroatoms. The van der Waals surface area contributed by atoms with Crippen LogP contribution in [0.3, 0.4) is 0 Å². The first kappa shape index (κ1) is 21.1. The fourth-order valence-corrected chi connectivity index (χ4v) is 4.57. The van der Waals surface area contributed by atoms with Crippen molar-refractivity contribution in [3.63, 3.8) is 0 Å². The molecule has 2 aromatic heterocycles. The molecule has 4 heterocycles. The van der Waals surface area contributed by atoms with E-state index in [9.17, 15) is 14.7 Å². The van der Waals surface area contributed by atoms with Crippen LogP contribution in [-0.4, -0.2) is 43.9 Å². The van der Waals surface area contributed by atoms with E-state index in [2.05, 4.69) is 4.98 Å². The molecule has 2 aliphatic heterocycles. The first-order chi connectivity index (χ1) is 15.9. The van der Waals surface area contributed by atoms with Gasteiger partial charge in [0.05, 0.1) is 11.9 Å². The Balaban J connectivity index is 1.51. The second-order valence-corrected chi connectivity index (χ2v) is 8.55. The highest BCUT2D eigenvalue weighted by Crippen LogP contribution is 2.41. The van der Waals surface area contributed by atoms with E-state index in [4.69, 9.17) is 9.15 Å². The van der Waals surface area contributed by atoms with Crippen LogP contribution in [0.4, 0.5) is 0 Å². The molecule has 1 amide bonds. The highest BCUT2D eigenvalue weighted by molar-refractivity contribution is 6.46. The fourth-order valence-electron chi connectivity index (χ4n) is 4.57. The van der Waals surface area contributed by atoms with Crippen molar-refractivity contribution in [2.45, 2.75) is 45.4 Å². The maximum absolute atomic E-state index is 13.1. The molecule has 5 rings (SSSR count). The predicted molar refractivity (Wildman–Crippen MR) is 120 cm³/mol. The summed E-state index contributed by atoms with van der Waals surface area (Å²) in [6, 6.07) is 8.08. The Labute approximate surface area is 191 Å². The van der Waals surface area contributed by atoms with Crippen molar-refractivity contribution in [2.24, 2.45) is 0 Å². The second kappa shape index (κ2) is 8.27.